The molecule has 3 N–H and O–H groups in total. The van der Waals surface area contributed by atoms with Gasteiger partial charge in [-0.3, -0.25) is 4.99 Å². The third-order valence-corrected chi connectivity index (χ3v) is 3.98. The Kier molecular flexibility index (Phi) is 4.05. The average molecular weight is 295 g/mol. The van der Waals surface area contributed by atoms with E-state index in [2.05, 4.69) is 10.3 Å². The van der Waals surface area contributed by atoms with Crippen LogP contribution in [0.4, 0.5) is 8.78 Å². The molecule has 1 unspecified atom stereocenters. The molecule has 114 valence electrons. The SMILES string of the molecule is NC(=NCC1CCCO1)N[C@@H]1C[C@H]1c1c(F)cccc1F. The maximum atomic E-state index is 13.7. The summed E-state index contributed by atoms with van der Waals surface area (Å²) in [5.41, 5.74) is 5.95. The van der Waals surface area contributed by atoms with Crippen molar-refractivity contribution in [3.05, 3.63) is 35.4 Å². The van der Waals surface area contributed by atoms with Gasteiger partial charge in [-0.1, -0.05) is 6.07 Å². The maximum absolute atomic E-state index is 13.7. The van der Waals surface area contributed by atoms with E-state index >= 15 is 0 Å². The second-order valence-electron chi connectivity index (χ2n) is 5.59. The normalized spacial score (nSPS) is 28.7. The fourth-order valence-corrected chi connectivity index (χ4v) is 2.76. The molecule has 0 spiro atoms. The van der Waals surface area contributed by atoms with Gasteiger partial charge in [0.05, 0.1) is 12.6 Å². The molecular weight excluding hydrogens is 276 g/mol. The van der Waals surface area contributed by atoms with Gasteiger partial charge in [0.15, 0.2) is 5.96 Å². The van der Waals surface area contributed by atoms with Crippen LogP contribution in [0.2, 0.25) is 0 Å². The van der Waals surface area contributed by atoms with Gasteiger partial charge in [0.1, 0.15) is 11.6 Å². The van der Waals surface area contributed by atoms with Crippen LogP contribution in [-0.4, -0.2) is 31.3 Å². The minimum Gasteiger partial charge on any atom is -0.376 e. The van der Waals surface area contributed by atoms with E-state index < -0.39 is 11.6 Å². The summed E-state index contributed by atoms with van der Waals surface area (Å²) in [6.45, 7) is 1.31. The highest BCUT2D eigenvalue weighted by atomic mass is 19.1. The lowest BCUT2D eigenvalue weighted by Gasteiger charge is -2.09. The zero-order chi connectivity index (χ0) is 14.8. The Hall–Kier alpha value is -1.69. The quantitative estimate of drug-likeness (QED) is 0.659. The Labute approximate surface area is 122 Å². The molecule has 3 rings (SSSR count). The number of aliphatic imine (C=N–C) groups is 1. The molecule has 4 nitrogen and oxygen atoms in total. The Balaban J connectivity index is 1.54. The van der Waals surface area contributed by atoms with Gasteiger partial charge < -0.3 is 15.8 Å². The van der Waals surface area contributed by atoms with E-state index in [0.717, 1.165) is 19.4 Å². The summed E-state index contributed by atoms with van der Waals surface area (Å²) in [6.07, 6.45) is 2.87. The van der Waals surface area contributed by atoms with Gasteiger partial charge in [-0.05, 0) is 31.4 Å². The first-order valence-electron chi connectivity index (χ1n) is 7.27. The fraction of sp³-hybridized carbons (Fsp3) is 0.533. The minimum atomic E-state index is -0.501. The van der Waals surface area contributed by atoms with Crippen LogP contribution in [0.3, 0.4) is 0 Å². The second kappa shape index (κ2) is 5.97. The smallest absolute Gasteiger partial charge is 0.188 e. The first-order chi connectivity index (χ1) is 10.1. The van der Waals surface area contributed by atoms with E-state index in [1.165, 1.54) is 18.2 Å². The van der Waals surface area contributed by atoms with Gasteiger partial charge >= 0.3 is 0 Å². The van der Waals surface area contributed by atoms with Crippen LogP contribution in [0.5, 0.6) is 0 Å². The molecule has 1 saturated heterocycles. The van der Waals surface area contributed by atoms with E-state index in [4.69, 9.17) is 10.5 Å². The monoisotopic (exact) mass is 295 g/mol. The van der Waals surface area contributed by atoms with Crippen molar-refractivity contribution < 1.29 is 13.5 Å². The average Bonchev–Trinajstić information content (AvgIpc) is 2.99. The van der Waals surface area contributed by atoms with Crippen LogP contribution in [0, 0.1) is 11.6 Å². The van der Waals surface area contributed by atoms with E-state index in [0.29, 0.717) is 18.9 Å². The minimum absolute atomic E-state index is 0.0513. The molecular formula is C15H19F2N3O. The summed E-state index contributed by atoms with van der Waals surface area (Å²) < 4.78 is 32.8. The number of benzene rings is 1. The number of nitrogens with zero attached hydrogens (tertiary/aromatic N) is 1. The highest BCUT2D eigenvalue weighted by Crippen LogP contribution is 2.42. The second-order valence-corrected chi connectivity index (χ2v) is 5.59. The lowest BCUT2D eigenvalue weighted by molar-refractivity contribution is 0.118. The number of ether oxygens (including phenoxy) is 1. The summed E-state index contributed by atoms with van der Waals surface area (Å²) in [4.78, 5) is 4.23. The standard InChI is InChI=1S/C15H19F2N3O/c16-11-4-1-5-12(17)14(11)10-7-13(10)20-15(18)19-8-9-3-2-6-21-9/h1,4-5,9-10,13H,2-3,6-8H2,(H3,18,19,20)/t9?,10-,13-/m1/s1. The van der Waals surface area contributed by atoms with Gasteiger partial charge in [-0.2, -0.15) is 0 Å². The molecule has 1 saturated carbocycles. The molecule has 2 aliphatic rings. The molecule has 6 heteroatoms. The van der Waals surface area contributed by atoms with Crippen LogP contribution in [0.1, 0.15) is 30.7 Å². The zero-order valence-electron chi connectivity index (χ0n) is 11.7. The first kappa shape index (κ1) is 14.3. The predicted octanol–water partition coefficient (Wildman–Crippen LogP) is 1.90. The molecule has 1 aromatic carbocycles. The summed E-state index contributed by atoms with van der Waals surface area (Å²) in [5, 5.41) is 3.02. The van der Waals surface area contributed by atoms with Crippen molar-refractivity contribution >= 4 is 5.96 Å². The van der Waals surface area contributed by atoms with E-state index in [1.807, 2.05) is 0 Å². The number of nitrogens with one attached hydrogen (secondary N) is 1. The number of hydrogen-bond donors (Lipinski definition) is 2. The van der Waals surface area contributed by atoms with Crippen LogP contribution in [0.15, 0.2) is 23.2 Å². The Morgan fingerprint density at radius 2 is 2.14 bits per heavy atom. The third-order valence-electron chi connectivity index (χ3n) is 3.98. The summed E-state index contributed by atoms with van der Waals surface area (Å²) in [5.74, 6) is -0.865. The lowest BCUT2D eigenvalue weighted by Crippen LogP contribution is -2.35. The molecule has 0 amide bonds. The van der Waals surface area contributed by atoms with Crippen LogP contribution >= 0.6 is 0 Å². The molecule has 21 heavy (non-hydrogen) atoms. The van der Waals surface area contributed by atoms with Gasteiger partial charge in [-0.25, -0.2) is 8.78 Å². The number of nitrogens with two attached hydrogens (primary N) is 1. The third kappa shape index (κ3) is 3.32. The topological polar surface area (TPSA) is 59.6 Å². The van der Waals surface area contributed by atoms with Gasteiger partial charge in [0.25, 0.3) is 0 Å². The van der Waals surface area contributed by atoms with Gasteiger partial charge in [0, 0.05) is 24.1 Å². The number of halogens is 2. The van der Waals surface area contributed by atoms with Crippen molar-refractivity contribution in [2.24, 2.45) is 10.7 Å². The molecule has 1 aliphatic carbocycles. The van der Waals surface area contributed by atoms with E-state index in [1.54, 1.807) is 0 Å². The Morgan fingerprint density at radius 3 is 2.81 bits per heavy atom. The first-order valence-corrected chi connectivity index (χ1v) is 7.27. The van der Waals surface area contributed by atoms with Crippen molar-refractivity contribution in [1.82, 2.24) is 5.32 Å². The highest BCUT2D eigenvalue weighted by Gasteiger charge is 2.42. The predicted molar refractivity (Wildman–Crippen MR) is 76.1 cm³/mol. The van der Waals surface area contributed by atoms with E-state index in [-0.39, 0.29) is 23.6 Å². The molecule has 0 radical (unpaired) electrons. The van der Waals surface area contributed by atoms with Crippen LogP contribution < -0.4 is 11.1 Å². The van der Waals surface area contributed by atoms with Crippen molar-refractivity contribution in [2.45, 2.75) is 37.3 Å². The lowest BCUT2D eigenvalue weighted by atomic mass is 10.1. The molecule has 1 heterocycles. The molecule has 1 aliphatic heterocycles. The zero-order valence-corrected chi connectivity index (χ0v) is 11.7. The highest BCUT2D eigenvalue weighted by molar-refractivity contribution is 5.78. The summed E-state index contributed by atoms with van der Waals surface area (Å²) in [7, 11) is 0. The fourth-order valence-electron chi connectivity index (χ4n) is 2.76. The maximum Gasteiger partial charge on any atom is 0.188 e. The molecule has 3 atom stereocenters. The van der Waals surface area contributed by atoms with Crippen molar-refractivity contribution in [3.63, 3.8) is 0 Å². The number of hydrogen-bond acceptors (Lipinski definition) is 2. The molecule has 2 fully saturated rings. The molecule has 0 bridgehead atoms. The van der Waals surface area contributed by atoms with Crippen molar-refractivity contribution in [2.75, 3.05) is 13.2 Å². The van der Waals surface area contributed by atoms with Gasteiger partial charge in [0.2, 0.25) is 0 Å². The number of guanidine groups is 1. The largest absolute Gasteiger partial charge is 0.376 e. The Bertz CT molecular complexity index is 523. The van der Waals surface area contributed by atoms with Crippen molar-refractivity contribution in [1.29, 1.82) is 0 Å². The number of rotatable bonds is 4. The Morgan fingerprint density at radius 1 is 1.38 bits per heavy atom. The molecule has 1 aromatic rings. The van der Waals surface area contributed by atoms with Crippen LogP contribution in [0.25, 0.3) is 0 Å². The summed E-state index contributed by atoms with van der Waals surface area (Å²) in [6, 6.07) is 3.88. The summed E-state index contributed by atoms with van der Waals surface area (Å²) >= 11 is 0. The van der Waals surface area contributed by atoms with Crippen molar-refractivity contribution in [3.8, 4) is 0 Å². The van der Waals surface area contributed by atoms with Gasteiger partial charge in [-0.15, -0.1) is 0 Å². The molecule has 0 aromatic heterocycles. The van der Waals surface area contributed by atoms with E-state index in [9.17, 15) is 8.78 Å². The van der Waals surface area contributed by atoms with Crippen LogP contribution in [-0.2, 0) is 4.74 Å².